The molecule has 6 heteroatoms. The molecule has 2 rings (SSSR count). The first-order valence-corrected chi connectivity index (χ1v) is 6.33. The third kappa shape index (κ3) is 3.47. The van der Waals surface area contributed by atoms with E-state index < -0.39 is 11.7 Å². The van der Waals surface area contributed by atoms with Crippen LogP contribution in [0, 0.1) is 18.3 Å². The summed E-state index contributed by atoms with van der Waals surface area (Å²) >= 11 is 5.84. The highest BCUT2D eigenvalue weighted by atomic mass is 35.5. The van der Waals surface area contributed by atoms with Gasteiger partial charge < -0.3 is 5.32 Å². The van der Waals surface area contributed by atoms with Crippen molar-refractivity contribution in [3.63, 3.8) is 0 Å². The average Bonchev–Trinajstić information content (AvgIpc) is 2.40. The molecule has 0 fully saturated rings. The highest BCUT2D eigenvalue weighted by Crippen LogP contribution is 2.34. The van der Waals surface area contributed by atoms with E-state index in [0.29, 0.717) is 16.3 Å². The third-order valence-corrected chi connectivity index (χ3v) is 3.16. The zero-order valence-corrected chi connectivity index (χ0v) is 11.7. The maximum absolute atomic E-state index is 12.9. The molecule has 0 atom stereocenters. The summed E-state index contributed by atoms with van der Waals surface area (Å²) in [5, 5.41) is 12.2. The lowest BCUT2D eigenvalue weighted by Crippen LogP contribution is -2.08. The van der Waals surface area contributed by atoms with Crippen LogP contribution >= 0.6 is 11.6 Å². The molecule has 0 amide bonds. The number of nitrogens with zero attached hydrogens (tertiary/aromatic N) is 1. The second-order valence-electron chi connectivity index (χ2n) is 4.45. The summed E-state index contributed by atoms with van der Waals surface area (Å²) in [6.45, 7) is 1.40. The molecule has 0 radical (unpaired) electrons. The Bertz CT molecular complexity index is 718. The average molecular weight is 311 g/mol. The van der Waals surface area contributed by atoms with Crippen LogP contribution in [-0.4, -0.2) is 0 Å². The van der Waals surface area contributed by atoms with Crippen molar-refractivity contribution in [2.75, 3.05) is 5.32 Å². The molecule has 0 spiro atoms. The predicted octanol–water partition coefficient (Wildman–Crippen LogP) is 5.28. The lowest BCUT2D eigenvalue weighted by atomic mass is 10.1. The van der Waals surface area contributed by atoms with E-state index in [-0.39, 0.29) is 11.3 Å². The van der Waals surface area contributed by atoms with Gasteiger partial charge in [0.15, 0.2) is 0 Å². The Labute approximate surface area is 124 Å². The minimum atomic E-state index is -4.42. The van der Waals surface area contributed by atoms with Gasteiger partial charge in [0.2, 0.25) is 0 Å². The summed E-state index contributed by atoms with van der Waals surface area (Å²) in [4.78, 5) is 0. The Morgan fingerprint density at radius 2 is 1.86 bits per heavy atom. The van der Waals surface area contributed by atoms with Crippen LogP contribution < -0.4 is 5.32 Å². The summed E-state index contributed by atoms with van der Waals surface area (Å²) in [5.41, 5.74) is 0.329. The molecule has 1 N–H and O–H groups in total. The lowest BCUT2D eigenvalue weighted by Gasteiger charge is -2.14. The molecule has 0 saturated heterocycles. The molecule has 2 aromatic rings. The Morgan fingerprint density at radius 1 is 1.14 bits per heavy atom. The molecule has 21 heavy (non-hydrogen) atoms. The standard InChI is InChI=1S/C15H10ClF3N2/c1-9-2-5-12(7-13(9)15(17,18)19)21-14-6-11(16)4-3-10(14)8-20/h2-7,21H,1H3. The molecule has 2 nitrogen and oxygen atoms in total. The Hall–Kier alpha value is -2.19. The molecular weight excluding hydrogens is 301 g/mol. The first kappa shape index (κ1) is 15.2. The van der Waals surface area contributed by atoms with Gasteiger partial charge in [-0.1, -0.05) is 17.7 Å². The van der Waals surface area contributed by atoms with Crippen molar-refractivity contribution in [2.45, 2.75) is 13.1 Å². The second kappa shape index (κ2) is 5.66. The zero-order chi connectivity index (χ0) is 15.6. The van der Waals surface area contributed by atoms with Crippen molar-refractivity contribution in [2.24, 2.45) is 0 Å². The fraction of sp³-hybridized carbons (Fsp3) is 0.133. The van der Waals surface area contributed by atoms with E-state index in [1.807, 2.05) is 6.07 Å². The quantitative estimate of drug-likeness (QED) is 0.819. The molecular formula is C15H10ClF3N2. The van der Waals surface area contributed by atoms with Crippen LogP contribution in [0.5, 0.6) is 0 Å². The molecule has 0 aromatic heterocycles. The van der Waals surface area contributed by atoms with E-state index in [2.05, 4.69) is 5.32 Å². The third-order valence-electron chi connectivity index (χ3n) is 2.92. The lowest BCUT2D eigenvalue weighted by molar-refractivity contribution is -0.138. The van der Waals surface area contributed by atoms with Crippen molar-refractivity contribution in [1.82, 2.24) is 0 Å². The summed E-state index contributed by atoms with van der Waals surface area (Å²) in [6.07, 6.45) is -4.42. The number of alkyl halides is 3. The van der Waals surface area contributed by atoms with Crippen LogP contribution in [-0.2, 0) is 6.18 Å². The summed E-state index contributed by atoms with van der Waals surface area (Å²) in [6, 6.07) is 10.4. The van der Waals surface area contributed by atoms with E-state index in [4.69, 9.17) is 16.9 Å². The highest BCUT2D eigenvalue weighted by Gasteiger charge is 2.32. The van der Waals surface area contributed by atoms with Crippen LogP contribution in [0.15, 0.2) is 36.4 Å². The van der Waals surface area contributed by atoms with Crippen molar-refractivity contribution in [3.8, 4) is 6.07 Å². The topological polar surface area (TPSA) is 35.8 Å². The number of aryl methyl sites for hydroxylation is 1. The van der Waals surface area contributed by atoms with Crippen LogP contribution in [0.2, 0.25) is 5.02 Å². The summed E-state index contributed by atoms with van der Waals surface area (Å²) in [7, 11) is 0. The molecule has 0 aliphatic rings. The monoisotopic (exact) mass is 310 g/mol. The Morgan fingerprint density at radius 3 is 2.48 bits per heavy atom. The second-order valence-corrected chi connectivity index (χ2v) is 4.89. The molecule has 0 aliphatic carbocycles. The van der Waals surface area contributed by atoms with E-state index in [1.165, 1.54) is 31.2 Å². The smallest absolute Gasteiger partial charge is 0.354 e. The number of halogens is 4. The first-order chi connectivity index (χ1) is 9.81. The molecule has 0 bridgehead atoms. The van der Waals surface area contributed by atoms with Gasteiger partial charge in [-0.3, -0.25) is 0 Å². The van der Waals surface area contributed by atoms with Gasteiger partial charge in [0, 0.05) is 10.7 Å². The number of anilines is 2. The predicted molar refractivity (Wildman–Crippen MR) is 75.6 cm³/mol. The van der Waals surface area contributed by atoms with Gasteiger partial charge >= 0.3 is 6.18 Å². The maximum atomic E-state index is 12.9. The van der Waals surface area contributed by atoms with Crippen molar-refractivity contribution in [1.29, 1.82) is 5.26 Å². The fourth-order valence-corrected chi connectivity index (χ4v) is 2.05. The molecule has 0 heterocycles. The van der Waals surface area contributed by atoms with Crippen molar-refractivity contribution >= 4 is 23.0 Å². The zero-order valence-electron chi connectivity index (χ0n) is 10.9. The van der Waals surface area contributed by atoms with E-state index in [1.54, 1.807) is 6.07 Å². The summed E-state index contributed by atoms with van der Waals surface area (Å²) < 4.78 is 38.6. The highest BCUT2D eigenvalue weighted by molar-refractivity contribution is 6.30. The van der Waals surface area contributed by atoms with Gasteiger partial charge in [-0.2, -0.15) is 18.4 Å². The van der Waals surface area contributed by atoms with Gasteiger partial charge in [0.1, 0.15) is 6.07 Å². The van der Waals surface area contributed by atoms with Gasteiger partial charge in [-0.05, 0) is 42.8 Å². The van der Waals surface area contributed by atoms with E-state index in [0.717, 1.165) is 6.07 Å². The van der Waals surface area contributed by atoms with Crippen LogP contribution in [0.1, 0.15) is 16.7 Å². The maximum Gasteiger partial charge on any atom is 0.416 e. The number of benzene rings is 2. The molecule has 0 saturated carbocycles. The summed E-state index contributed by atoms with van der Waals surface area (Å²) in [5.74, 6) is 0. The Kier molecular flexibility index (Phi) is 4.10. The minimum Gasteiger partial charge on any atom is -0.354 e. The minimum absolute atomic E-state index is 0.139. The number of rotatable bonds is 2. The number of nitriles is 1. The normalized spacial score (nSPS) is 11.0. The largest absolute Gasteiger partial charge is 0.416 e. The van der Waals surface area contributed by atoms with Gasteiger partial charge in [-0.25, -0.2) is 0 Å². The number of hydrogen-bond donors (Lipinski definition) is 1. The fourth-order valence-electron chi connectivity index (χ4n) is 1.88. The molecule has 0 aliphatic heterocycles. The number of hydrogen-bond acceptors (Lipinski definition) is 2. The van der Waals surface area contributed by atoms with Crippen LogP contribution in [0.25, 0.3) is 0 Å². The Balaban J connectivity index is 2.42. The van der Waals surface area contributed by atoms with Gasteiger partial charge in [0.25, 0.3) is 0 Å². The van der Waals surface area contributed by atoms with E-state index in [9.17, 15) is 13.2 Å². The SMILES string of the molecule is Cc1ccc(Nc2cc(Cl)ccc2C#N)cc1C(F)(F)F. The molecule has 108 valence electrons. The van der Waals surface area contributed by atoms with Crippen LogP contribution in [0.3, 0.4) is 0 Å². The molecule has 0 unspecified atom stereocenters. The van der Waals surface area contributed by atoms with Gasteiger partial charge in [0.05, 0.1) is 16.8 Å². The number of nitrogens with one attached hydrogen (secondary N) is 1. The first-order valence-electron chi connectivity index (χ1n) is 5.96. The van der Waals surface area contributed by atoms with Crippen molar-refractivity contribution in [3.05, 3.63) is 58.1 Å². The van der Waals surface area contributed by atoms with E-state index >= 15 is 0 Å². The molecule has 2 aromatic carbocycles. The van der Waals surface area contributed by atoms with Gasteiger partial charge in [-0.15, -0.1) is 0 Å². The van der Waals surface area contributed by atoms with Crippen LogP contribution in [0.4, 0.5) is 24.5 Å². The van der Waals surface area contributed by atoms with Crippen molar-refractivity contribution < 1.29 is 13.2 Å².